The third-order valence-corrected chi connectivity index (χ3v) is 8.71. The monoisotopic (exact) mass is 641 g/mol. The normalized spacial score (nSPS) is 18.7. The second-order valence-electron chi connectivity index (χ2n) is 10.8. The predicted molar refractivity (Wildman–Crippen MR) is 162 cm³/mol. The molecule has 3 aromatic carbocycles. The number of amides is 3. The summed E-state index contributed by atoms with van der Waals surface area (Å²) in [5, 5.41) is 26.9. The highest BCUT2D eigenvalue weighted by Crippen LogP contribution is 2.46. The maximum Gasteiger partial charge on any atom is 0.326 e. The molecule has 4 rings (SSSR count). The Bertz CT molecular complexity index is 1520. The minimum atomic E-state index is -1.17. The van der Waals surface area contributed by atoms with Gasteiger partial charge in [-0.2, -0.15) is 0 Å². The van der Waals surface area contributed by atoms with Gasteiger partial charge in [-0.05, 0) is 59.0 Å². The quantitative estimate of drug-likeness (QED) is 0.169. The van der Waals surface area contributed by atoms with Crippen LogP contribution in [0.3, 0.4) is 0 Å². The van der Waals surface area contributed by atoms with E-state index in [9.17, 15) is 38.2 Å². The molecule has 0 spiro atoms. The van der Waals surface area contributed by atoms with Crippen LogP contribution in [-0.2, 0) is 24.7 Å². The molecule has 0 bridgehead atoms. The number of aliphatic hydroxyl groups excluding tert-OH is 1. The largest absolute Gasteiger partial charge is 0.484 e. The van der Waals surface area contributed by atoms with Gasteiger partial charge < -0.3 is 30.9 Å². The molecule has 1 unspecified atom stereocenters. The van der Waals surface area contributed by atoms with Crippen LogP contribution in [0.15, 0.2) is 72.8 Å². The van der Waals surface area contributed by atoms with Crippen molar-refractivity contribution in [3.05, 3.63) is 101 Å². The first-order valence-corrected chi connectivity index (χ1v) is 15.1. The molecule has 1 fully saturated rings. The molecule has 0 aromatic heterocycles. The predicted octanol–water partition coefficient (Wildman–Crippen LogP) is 2.89. The maximum atomic E-state index is 13.8. The van der Waals surface area contributed by atoms with Gasteiger partial charge in [0.25, 0.3) is 5.91 Å². The molecule has 0 saturated carbocycles. The van der Waals surface area contributed by atoms with E-state index < -0.39 is 65.5 Å². The van der Waals surface area contributed by atoms with Crippen molar-refractivity contribution in [2.45, 2.75) is 36.8 Å². The Morgan fingerprint density at radius 1 is 0.933 bits per heavy atom. The molecule has 0 radical (unpaired) electrons. The van der Waals surface area contributed by atoms with Gasteiger partial charge in [0, 0.05) is 5.75 Å². The number of thioether (sulfide) groups is 1. The first-order chi connectivity index (χ1) is 21.4. The van der Waals surface area contributed by atoms with E-state index in [0.717, 1.165) is 0 Å². The molecule has 1 aliphatic heterocycles. The number of β-lactam (4-membered cyclic amide) rings is 1. The number of benzene rings is 3. The Balaban J connectivity index is 1.42. The van der Waals surface area contributed by atoms with Crippen molar-refractivity contribution in [2.24, 2.45) is 5.92 Å². The lowest BCUT2D eigenvalue weighted by atomic mass is 9.74. The van der Waals surface area contributed by atoms with E-state index in [4.69, 9.17) is 4.74 Å². The number of hydrogen-bond acceptors (Lipinski definition) is 7. The van der Waals surface area contributed by atoms with Crippen LogP contribution in [0.5, 0.6) is 5.75 Å². The Labute approximate surface area is 262 Å². The highest BCUT2D eigenvalue weighted by molar-refractivity contribution is 8.00. The van der Waals surface area contributed by atoms with Crippen molar-refractivity contribution in [1.82, 2.24) is 16.0 Å². The SMILES string of the molecule is CC(C)[C@@H](NC(=O)CNC(=O)COc1ccc([C@]2(c3ccc(F)cc3)NC(=O)[C@@H]2SCC(O)c2ccc(F)cc2)cc1)C(=O)O. The van der Waals surface area contributed by atoms with Gasteiger partial charge in [0.15, 0.2) is 6.61 Å². The third kappa shape index (κ3) is 7.97. The fourth-order valence-electron chi connectivity index (χ4n) is 4.87. The molecule has 10 nitrogen and oxygen atoms in total. The maximum absolute atomic E-state index is 13.8. The number of halogens is 2. The number of aliphatic carboxylic acids is 1. The summed E-state index contributed by atoms with van der Waals surface area (Å²) in [5.74, 6) is -3.47. The van der Waals surface area contributed by atoms with Crippen molar-refractivity contribution < 1.29 is 42.9 Å². The lowest BCUT2D eigenvalue weighted by Gasteiger charge is -2.50. The molecule has 45 heavy (non-hydrogen) atoms. The molecule has 1 heterocycles. The number of aliphatic hydroxyl groups is 1. The van der Waals surface area contributed by atoms with Crippen LogP contribution < -0.4 is 20.7 Å². The van der Waals surface area contributed by atoms with Crippen molar-refractivity contribution in [3.8, 4) is 5.75 Å². The lowest BCUT2D eigenvalue weighted by Crippen LogP contribution is -2.69. The molecule has 13 heteroatoms. The van der Waals surface area contributed by atoms with Crippen molar-refractivity contribution in [2.75, 3.05) is 18.9 Å². The number of ether oxygens (including phenoxy) is 1. The van der Waals surface area contributed by atoms with Crippen LogP contribution in [0.2, 0.25) is 0 Å². The van der Waals surface area contributed by atoms with Crippen LogP contribution >= 0.6 is 11.8 Å². The lowest BCUT2D eigenvalue weighted by molar-refractivity contribution is -0.143. The number of carboxylic acids is 1. The Morgan fingerprint density at radius 2 is 1.49 bits per heavy atom. The first-order valence-electron chi connectivity index (χ1n) is 14.1. The van der Waals surface area contributed by atoms with Gasteiger partial charge in [0.05, 0.1) is 12.6 Å². The molecule has 238 valence electrons. The first kappa shape index (κ1) is 33.4. The van der Waals surface area contributed by atoms with Crippen LogP contribution in [0.1, 0.15) is 36.6 Å². The smallest absolute Gasteiger partial charge is 0.326 e. The van der Waals surface area contributed by atoms with E-state index in [-0.39, 0.29) is 17.6 Å². The van der Waals surface area contributed by atoms with Crippen molar-refractivity contribution in [1.29, 1.82) is 0 Å². The Morgan fingerprint density at radius 3 is 2.02 bits per heavy atom. The van der Waals surface area contributed by atoms with Crippen LogP contribution in [-0.4, -0.2) is 64.1 Å². The van der Waals surface area contributed by atoms with Gasteiger partial charge in [0.1, 0.15) is 34.2 Å². The van der Waals surface area contributed by atoms with Crippen LogP contribution in [0.4, 0.5) is 8.78 Å². The van der Waals surface area contributed by atoms with E-state index in [1.807, 2.05) is 0 Å². The summed E-state index contributed by atoms with van der Waals surface area (Å²) in [4.78, 5) is 48.4. The van der Waals surface area contributed by atoms with E-state index >= 15 is 0 Å². The van der Waals surface area contributed by atoms with E-state index in [1.54, 1.807) is 50.2 Å². The molecule has 5 N–H and O–H groups in total. The minimum Gasteiger partial charge on any atom is -0.484 e. The van der Waals surface area contributed by atoms with Crippen molar-refractivity contribution in [3.63, 3.8) is 0 Å². The minimum absolute atomic E-state index is 0.134. The topological polar surface area (TPSA) is 154 Å². The standard InChI is InChI=1S/C32H33F2N3O7S/c1-18(2)28(31(42)43)36-26(39)15-35-27(40)16-44-24-13-7-21(8-14-24)32(20-5-11-23(34)12-6-20)29(30(41)37-32)45-17-25(38)19-3-9-22(33)10-4-19/h3-14,18,25,28-29,38H,15-17H2,1-2H3,(H,35,40)(H,36,39)(H,37,41)(H,42,43)/t25?,28-,29+,32+/m1/s1. The van der Waals surface area contributed by atoms with Gasteiger partial charge in [0.2, 0.25) is 11.8 Å². The average molecular weight is 642 g/mol. The second-order valence-corrected chi connectivity index (χ2v) is 11.9. The number of nitrogens with one attached hydrogen (secondary N) is 3. The van der Waals surface area contributed by atoms with E-state index in [0.29, 0.717) is 22.4 Å². The zero-order valence-electron chi connectivity index (χ0n) is 24.5. The molecular weight excluding hydrogens is 608 g/mol. The average Bonchev–Trinajstić information content (AvgIpc) is 3.01. The molecule has 3 amide bonds. The van der Waals surface area contributed by atoms with Gasteiger partial charge in [-0.1, -0.05) is 50.2 Å². The van der Waals surface area contributed by atoms with Crippen LogP contribution in [0, 0.1) is 17.6 Å². The van der Waals surface area contributed by atoms with Gasteiger partial charge in [-0.3, -0.25) is 14.4 Å². The molecule has 0 aliphatic carbocycles. The summed E-state index contributed by atoms with van der Waals surface area (Å²) in [6, 6.07) is 16.7. The summed E-state index contributed by atoms with van der Waals surface area (Å²) < 4.78 is 32.7. The third-order valence-electron chi connectivity index (χ3n) is 7.30. The summed E-state index contributed by atoms with van der Waals surface area (Å²) in [6.45, 7) is 2.46. The zero-order valence-corrected chi connectivity index (χ0v) is 25.3. The highest BCUT2D eigenvalue weighted by atomic mass is 32.2. The highest BCUT2D eigenvalue weighted by Gasteiger charge is 2.56. The molecule has 3 aromatic rings. The fourth-order valence-corrected chi connectivity index (χ4v) is 6.23. The van der Waals surface area contributed by atoms with Gasteiger partial charge >= 0.3 is 5.97 Å². The zero-order chi connectivity index (χ0) is 32.7. The second kappa shape index (κ2) is 14.5. The van der Waals surface area contributed by atoms with Crippen molar-refractivity contribution >= 4 is 35.5 Å². The fraction of sp³-hybridized carbons (Fsp3) is 0.312. The summed E-state index contributed by atoms with van der Waals surface area (Å²) in [5.41, 5.74) is 0.702. The van der Waals surface area contributed by atoms with Gasteiger partial charge in [-0.15, -0.1) is 11.8 Å². The number of hydrogen-bond donors (Lipinski definition) is 5. The molecule has 1 saturated heterocycles. The Hall–Kier alpha value is -4.49. The number of carboxylic acid groups (broad SMARTS) is 1. The van der Waals surface area contributed by atoms with Gasteiger partial charge in [-0.25, -0.2) is 13.6 Å². The molecule has 1 aliphatic rings. The van der Waals surface area contributed by atoms with E-state index in [2.05, 4.69) is 16.0 Å². The summed E-state index contributed by atoms with van der Waals surface area (Å²) in [6.07, 6.45) is -0.961. The summed E-state index contributed by atoms with van der Waals surface area (Å²) in [7, 11) is 0. The molecule has 4 atom stereocenters. The number of rotatable bonds is 14. The number of carbonyl (C=O) groups is 4. The number of carbonyl (C=O) groups excluding carboxylic acids is 3. The van der Waals surface area contributed by atoms with Crippen LogP contribution in [0.25, 0.3) is 0 Å². The summed E-state index contributed by atoms with van der Waals surface area (Å²) >= 11 is 1.21. The van der Waals surface area contributed by atoms with E-state index in [1.165, 1.54) is 48.2 Å². The molecular formula is C32H33F2N3O7S. The Kier molecular flexibility index (Phi) is 10.8.